The summed E-state index contributed by atoms with van der Waals surface area (Å²) in [5.41, 5.74) is 1.84. The summed E-state index contributed by atoms with van der Waals surface area (Å²) in [4.78, 5) is 12.1. The zero-order valence-electron chi connectivity index (χ0n) is 10.5. The highest BCUT2D eigenvalue weighted by Gasteiger charge is 2.29. The van der Waals surface area contributed by atoms with Crippen LogP contribution in [0, 0.1) is 0 Å². The zero-order valence-corrected chi connectivity index (χ0v) is 12.0. The minimum absolute atomic E-state index is 0.495. The summed E-state index contributed by atoms with van der Waals surface area (Å²) in [6, 6.07) is 5.60. The van der Waals surface area contributed by atoms with Crippen molar-refractivity contribution < 1.29 is 4.52 Å². The molecule has 1 fully saturated rings. The number of fused-ring (bicyclic) bond motifs is 1. The van der Waals surface area contributed by atoms with E-state index in [0.717, 1.165) is 27.9 Å². The van der Waals surface area contributed by atoms with Gasteiger partial charge in [0, 0.05) is 10.9 Å². The fourth-order valence-corrected chi connectivity index (χ4v) is 2.88. The van der Waals surface area contributed by atoms with Crippen molar-refractivity contribution in [2.45, 2.75) is 29.7 Å². The summed E-state index contributed by atoms with van der Waals surface area (Å²) >= 11 is 7.51. The number of benzene rings is 1. The van der Waals surface area contributed by atoms with Crippen molar-refractivity contribution >= 4 is 34.4 Å². The zero-order chi connectivity index (χ0) is 13.5. The number of imidazole rings is 1. The van der Waals surface area contributed by atoms with E-state index >= 15 is 0 Å². The van der Waals surface area contributed by atoms with Crippen LogP contribution in [0.25, 0.3) is 11.0 Å². The molecule has 4 rings (SSSR count). The summed E-state index contributed by atoms with van der Waals surface area (Å²) in [6.07, 6.45) is 2.33. The van der Waals surface area contributed by atoms with Crippen molar-refractivity contribution in [1.29, 1.82) is 0 Å². The number of nitrogens with one attached hydrogen (secondary N) is 1. The van der Waals surface area contributed by atoms with Crippen LogP contribution < -0.4 is 0 Å². The third kappa shape index (κ3) is 2.41. The lowest BCUT2D eigenvalue weighted by atomic mass is 10.3. The topological polar surface area (TPSA) is 67.6 Å². The summed E-state index contributed by atoms with van der Waals surface area (Å²) in [6.45, 7) is 0. The van der Waals surface area contributed by atoms with E-state index in [9.17, 15) is 0 Å². The lowest BCUT2D eigenvalue weighted by Crippen LogP contribution is -1.85. The Kier molecular flexibility index (Phi) is 2.93. The number of hydrogen-bond acceptors (Lipinski definition) is 5. The molecule has 0 spiro atoms. The number of nitrogens with zero attached hydrogens (tertiary/aromatic N) is 3. The summed E-state index contributed by atoms with van der Waals surface area (Å²) in [5, 5.41) is 5.52. The summed E-state index contributed by atoms with van der Waals surface area (Å²) in [7, 11) is 0. The van der Waals surface area contributed by atoms with Gasteiger partial charge in [0.15, 0.2) is 11.0 Å². The van der Waals surface area contributed by atoms with E-state index in [1.165, 1.54) is 12.8 Å². The van der Waals surface area contributed by atoms with Gasteiger partial charge in [-0.05, 0) is 31.0 Å². The maximum Gasteiger partial charge on any atom is 0.229 e. The van der Waals surface area contributed by atoms with E-state index in [1.807, 2.05) is 18.2 Å². The highest BCUT2D eigenvalue weighted by Crippen LogP contribution is 2.39. The average Bonchev–Trinajstić information content (AvgIpc) is 3.04. The highest BCUT2D eigenvalue weighted by molar-refractivity contribution is 7.98. The number of hydrogen-bond donors (Lipinski definition) is 1. The van der Waals surface area contributed by atoms with E-state index in [1.54, 1.807) is 11.8 Å². The van der Waals surface area contributed by atoms with Crippen molar-refractivity contribution in [2.75, 3.05) is 0 Å². The van der Waals surface area contributed by atoms with E-state index in [4.69, 9.17) is 16.1 Å². The summed E-state index contributed by atoms with van der Waals surface area (Å²) in [5.74, 6) is 2.63. The van der Waals surface area contributed by atoms with Crippen molar-refractivity contribution in [2.24, 2.45) is 0 Å². The number of thioether (sulfide) groups is 1. The molecule has 20 heavy (non-hydrogen) atoms. The molecule has 0 bridgehead atoms. The minimum Gasteiger partial charge on any atom is -0.339 e. The van der Waals surface area contributed by atoms with Crippen LogP contribution in [-0.2, 0) is 5.75 Å². The van der Waals surface area contributed by atoms with Crippen LogP contribution >= 0.6 is 23.4 Å². The SMILES string of the molecule is Clc1ccc2nc(SCc3noc(C4CC4)n3)[nH]c2c1. The number of halogens is 1. The van der Waals surface area contributed by atoms with Crippen LogP contribution in [0.4, 0.5) is 0 Å². The molecule has 0 aliphatic heterocycles. The van der Waals surface area contributed by atoms with E-state index < -0.39 is 0 Å². The molecule has 0 amide bonds. The Morgan fingerprint density at radius 2 is 2.25 bits per heavy atom. The summed E-state index contributed by atoms with van der Waals surface area (Å²) < 4.78 is 5.23. The molecule has 2 aromatic heterocycles. The quantitative estimate of drug-likeness (QED) is 0.743. The molecule has 0 saturated heterocycles. The number of rotatable bonds is 4. The van der Waals surface area contributed by atoms with Crippen LogP contribution in [0.1, 0.15) is 30.5 Å². The Morgan fingerprint density at radius 3 is 3.10 bits per heavy atom. The molecular formula is C13H11ClN4OS. The predicted molar refractivity (Wildman–Crippen MR) is 76.9 cm³/mol. The van der Waals surface area contributed by atoms with Crippen molar-refractivity contribution in [3.05, 3.63) is 34.9 Å². The number of aromatic nitrogens is 4. The third-order valence-corrected chi connectivity index (χ3v) is 4.27. The number of aromatic amines is 1. The molecule has 102 valence electrons. The van der Waals surface area contributed by atoms with Gasteiger partial charge in [-0.2, -0.15) is 4.98 Å². The van der Waals surface area contributed by atoms with Crippen LogP contribution in [0.3, 0.4) is 0 Å². The molecule has 1 saturated carbocycles. The number of H-pyrrole nitrogens is 1. The second-order valence-electron chi connectivity index (χ2n) is 4.82. The van der Waals surface area contributed by atoms with Crippen LogP contribution in [0.2, 0.25) is 5.02 Å². The van der Waals surface area contributed by atoms with Gasteiger partial charge in [0.25, 0.3) is 0 Å². The fraction of sp³-hybridized carbons (Fsp3) is 0.308. The maximum atomic E-state index is 5.95. The average molecular weight is 307 g/mol. The molecule has 1 aliphatic rings. The molecule has 1 aliphatic carbocycles. The molecule has 1 N–H and O–H groups in total. The normalized spacial score (nSPS) is 15.1. The molecule has 5 nitrogen and oxygen atoms in total. The van der Waals surface area contributed by atoms with Crippen molar-refractivity contribution in [3.8, 4) is 0 Å². The van der Waals surface area contributed by atoms with Gasteiger partial charge in [0.1, 0.15) is 0 Å². The standard InChI is InChI=1S/C13H11ClN4OS/c14-8-3-4-9-10(5-8)16-13(15-9)20-6-11-17-12(19-18-11)7-1-2-7/h3-5,7H,1-2,6H2,(H,15,16). The van der Waals surface area contributed by atoms with Gasteiger partial charge in [-0.25, -0.2) is 4.98 Å². The van der Waals surface area contributed by atoms with Crippen LogP contribution in [0.5, 0.6) is 0 Å². The first kappa shape index (κ1) is 12.2. The Labute approximate surface area is 124 Å². The third-order valence-electron chi connectivity index (χ3n) is 3.17. The van der Waals surface area contributed by atoms with Gasteiger partial charge >= 0.3 is 0 Å². The van der Waals surface area contributed by atoms with Crippen LogP contribution in [0.15, 0.2) is 27.9 Å². The molecule has 7 heteroatoms. The van der Waals surface area contributed by atoms with Crippen LogP contribution in [-0.4, -0.2) is 20.1 Å². The van der Waals surface area contributed by atoms with Crippen molar-refractivity contribution in [3.63, 3.8) is 0 Å². The second-order valence-corrected chi connectivity index (χ2v) is 6.22. The molecule has 0 atom stereocenters. The Balaban J connectivity index is 1.48. The van der Waals surface area contributed by atoms with E-state index in [2.05, 4.69) is 20.1 Å². The van der Waals surface area contributed by atoms with Gasteiger partial charge < -0.3 is 9.51 Å². The Bertz CT molecular complexity index is 765. The van der Waals surface area contributed by atoms with Gasteiger partial charge in [-0.3, -0.25) is 0 Å². The molecule has 3 aromatic rings. The van der Waals surface area contributed by atoms with Crippen molar-refractivity contribution in [1.82, 2.24) is 20.1 Å². The minimum atomic E-state index is 0.495. The molecule has 0 unspecified atom stereocenters. The first-order valence-electron chi connectivity index (χ1n) is 6.38. The van der Waals surface area contributed by atoms with Gasteiger partial charge in [0.2, 0.25) is 5.89 Å². The smallest absolute Gasteiger partial charge is 0.229 e. The molecule has 1 aromatic carbocycles. The molecule has 0 radical (unpaired) electrons. The predicted octanol–water partition coefficient (Wildman–Crippen LogP) is 3.77. The first-order valence-corrected chi connectivity index (χ1v) is 7.75. The Hall–Kier alpha value is -1.53. The van der Waals surface area contributed by atoms with E-state index in [-0.39, 0.29) is 0 Å². The lowest BCUT2D eigenvalue weighted by Gasteiger charge is -1.91. The highest BCUT2D eigenvalue weighted by atomic mass is 35.5. The van der Waals surface area contributed by atoms with Gasteiger partial charge in [0.05, 0.1) is 16.8 Å². The maximum absolute atomic E-state index is 5.95. The van der Waals surface area contributed by atoms with Gasteiger partial charge in [-0.1, -0.05) is 28.5 Å². The van der Waals surface area contributed by atoms with Gasteiger partial charge in [-0.15, -0.1) is 0 Å². The van der Waals surface area contributed by atoms with E-state index in [0.29, 0.717) is 16.7 Å². The molecular weight excluding hydrogens is 296 g/mol. The fourth-order valence-electron chi connectivity index (χ4n) is 1.98. The monoisotopic (exact) mass is 306 g/mol. The molecule has 2 heterocycles. The Morgan fingerprint density at radius 1 is 1.35 bits per heavy atom. The largest absolute Gasteiger partial charge is 0.339 e. The first-order chi connectivity index (χ1) is 9.78. The second kappa shape index (κ2) is 4.79. The lowest BCUT2D eigenvalue weighted by molar-refractivity contribution is 0.375.